The molecule has 1 unspecified atom stereocenters. The lowest BCUT2D eigenvalue weighted by Gasteiger charge is -2.29. The molecule has 1 aromatic heterocycles. The Morgan fingerprint density at radius 1 is 1.16 bits per heavy atom. The number of hydrogen-bond acceptors (Lipinski definition) is 7. The maximum Gasteiger partial charge on any atom is 0.298 e. The number of carbonyl (C=O) groups is 1. The number of nitrogens with two attached hydrogens (primary N) is 1. The third-order valence-corrected chi connectivity index (χ3v) is 6.43. The zero-order valence-corrected chi connectivity index (χ0v) is 21.0. The van der Waals surface area contributed by atoms with Gasteiger partial charge in [-0.05, 0) is 67.3 Å². The average molecular weight is 500 g/mol. The number of nitriles is 1. The first-order valence-corrected chi connectivity index (χ1v) is 11.6. The maximum absolute atomic E-state index is 13.9. The molecule has 2 aromatic carbocycles. The van der Waals surface area contributed by atoms with Gasteiger partial charge in [0.05, 0.1) is 12.7 Å². The SMILES string of the molecule is CCc1ccc(OC=O)c(C2=C(C)C(c3ccc(OC)c(-c4cnc(F)c(C)c4)c3)C(C#N)=C(N)O2)c1. The number of nitrogens with zero attached hydrogens (tertiary/aromatic N) is 2. The summed E-state index contributed by atoms with van der Waals surface area (Å²) in [5.74, 6) is 0.156. The van der Waals surface area contributed by atoms with Crippen LogP contribution in [-0.4, -0.2) is 18.6 Å². The fourth-order valence-electron chi connectivity index (χ4n) is 4.50. The van der Waals surface area contributed by atoms with Gasteiger partial charge < -0.3 is 19.9 Å². The highest BCUT2D eigenvalue weighted by Gasteiger charge is 2.33. The van der Waals surface area contributed by atoms with Gasteiger partial charge in [-0.2, -0.15) is 9.65 Å². The molecule has 2 N–H and O–H groups in total. The number of benzene rings is 2. The molecule has 0 amide bonds. The topological polar surface area (TPSA) is 107 Å². The predicted octanol–water partition coefficient (Wildman–Crippen LogP) is 5.54. The van der Waals surface area contributed by atoms with Crippen LogP contribution in [0.3, 0.4) is 0 Å². The standard InChI is InChI=1S/C29H26FN3O4/c1-5-18-6-8-25(36-15-34)22(11-18)27-17(3)26(23(13-31)29(32)37-27)19-7-9-24(35-4)21(12-19)20-10-16(2)28(30)33-14-20/h6-12,14-15,26H,5,32H2,1-4H3. The van der Waals surface area contributed by atoms with Crippen molar-refractivity contribution in [2.24, 2.45) is 5.73 Å². The number of hydrogen-bond donors (Lipinski definition) is 1. The lowest BCUT2D eigenvalue weighted by atomic mass is 9.81. The van der Waals surface area contributed by atoms with Crippen LogP contribution in [0.1, 0.15) is 42.0 Å². The second-order valence-electron chi connectivity index (χ2n) is 8.63. The second kappa shape index (κ2) is 10.5. The number of aryl methyl sites for hydroxylation is 2. The molecular formula is C29H26FN3O4. The molecule has 2 heterocycles. The largest absolute Gasteiger partial charge is 0.496 e. The van der Waals surface area contributed by atoms with Crippen molar-refractivity contribution in [1.82, 2.24) is 4.98 Å². The van der Waals surface area contributed by atoms with E-state index in [1.807, 2.05) is 38.1 Å². The molecule has 1 aliphatic rings. The summed E-state index contributed by atoms with van der Waals surface area (Å²) in [6.07, 6.45) is 2.20. The first kappa shape index (κ1) is 25.5. The molecule has 3 aromatic rings. The quantitative estimate of drug-likeness (QED) is 0.336. The first-order chi connectivity index (χ1) is 17.8. The molecule has 8 heteroatoms. The molecule has 0 saturated heterocycles. The summed E-state index contributed by atoms with van der Waals surface area (Å²) in [6.45, 7) is 5.86. The summed E-state index contributed by atoms with van der Waals surface area (Å²) in [5.41, 5.74) is 11.3. The van der Waals surface area contributed by atoms with Crippen LogP contribution in [0.5, 0.6) is 11.5 Å². The smallest absolute Gasteiger partial charge is 0.298 e. The molecule has 1 atom stereocenters. The van der Waals surface area contributed by atoms with Gasteiger partial charge in [-0.25, -0.2) is 4.98 Å². The van der Waals surface area contributed by atoms with Crippen LogP contribution in [0.2, 0.25) is 0 Å². The van der Waals surface area contributed by atoms with E-state index >= 15 is 0 Å². The molecular weight excluding hydrogens is 473 g/mol. The highest BCUT2D eigenvalue weighted by Crippen LogP contribution is 2.45. The third kappa shape index (κ3) is 4.76. The number of pyridine rings is 1. The fraction of sp³-hybridized carbons (Fsp3) is 0.207. The van der Waals surface area contributed by atoms with Crippen LogP contribution in [0, 0.1) is 24.2 Å². The molecule has 4 rings (SSSR count). The first-order valence-electron chi connectivity index (χ1n) is 11.6. The van der Waals surface area contributed by atoms with Crippen molar-refractivity contribution in [3.8, 4) is 28.7 Å². The van der Waals surface area contributed by atoms with E-state index in [0.717, 1.165) is 17.5 Å². The van der Waals surface area contributed by atoms with Crippen molar-refractivity contribution in [3.05, 3.63) is 93.9 Å². The van der Waals surface area contributed by atoms with Crippen LogP contribution >= 0.6 is 0 Å². The van der Waals surface area contributed by atoms with Crippen LogP contribution in [0.25, 0.3) is 16.9 Å². The van der Waals surface area contributed by atoms with Crippen molar-refractivity contribution >= 4 is 12.2 Å². The van der Waals surface area contributed by atoms with E-state index in [-0.39, 0.29) is 11.5 Å². The van der Waals surface area contributed by atoms with E-state index in [1.54, 1.807) is 32.2 Å². The Bertz CT molecular complexity index is 1490. The zero-order valence-electron chi connectivity index (χ0n) is 21.0. The Morgan fingerprint density at radius 2 is 1.92 bits per heavy atom. The van der Waals surface area contributed by atoms with Crippen LogP contribution in [0.15, 0.2) is 65.7 Å². The number of aromatic nitrogens is 1. The van der Waals surface area contributed by atoms with Crippen molar-refractivity contribution < 1.29 is 23.4 Å². The number of methoxy groups -OCH3 is 1. The highest BCUT2D eigenvalue weighted by molar-refractivity contribution is 5.76. The Kier molecular flexibility index (Phi) is 7.25. The second-order valence-corrected chi connectivity index (χ2v) is 8.63. The Hall–Kier alpha value is -4.64. The Labute approximate surface area is 214 Å². The molecule has 0 bridgehead atoms. The van der Waals surface area contributed by atoms with E-state index in [9.17, 15) is 14.4 Å². The minimum absolute atomic E-state index is 0.0382. The number of halogens is 1. The predicted molar refractivity (Wildman–Crippen MR) is 137 cm³/mol. The van der Waals surface area contributed by atoms with Crippen molar-refractivity contribution in [3.63, 3.8) is 0 Å². The Balaban J connectivity index is 1.93. The van der Waals surface area contributed by atoms with E-state index in [1.165, 1.54) is 6.20 Å². The number of allylic oxidation sites excluding steroid dienone is 2. The van der Waals surface area contributed by atoms with Crippen LogP contribution in [-0.2, 0) is 16.0 Å². The number of ether oxygens (including phenoxy) is 3. The lowest BCUT2D eigenvalue weighted by molar-refractivity contribution is -0.120. The third-order valence-electron chi connectivity index (χ3n) is 6.43. The molecule has 0 aliphatic carbocycles. The number of carbonyl (C=O) groups excluding carboxylic acids is 1. The van der Waals surface area contributed by atoms with Crippen LogP contribution < -0.4 is 15.2 Å². The molecule has 0 radical (unpaired) electrons. The molecule has 0 spiro atoms. The van der Waals surface area contributed by atoms with E-state index in [2.05, 4.69) is 11.1 Å². The van der Waals surface area contributed by atoms with Gasteiger partial charge in [-0.1, -0.05) is 19.1 Å². The summed E-state index contributed by atoms with van der Waals surface area (Å²) in [5, 5.41) is 10.0. The van der Waals surface area contributed by atoms with Gasteiger partial charge >= 0.3 is 0 Å². The summed E-state index contributed by atoms with van der Waals surface area (Å²) in [4.78, 5) is 15.0. The fourth-order valence-corrected chi connectivity index (χ4v) is 4.50. The van der Waals surface area contributed by atoms with E-state index in [0.29, 0.717) is 51.6 Å². The van der Waals surface area contributed by atoms with Gasteiger partial charge in [0.1, 0.15) is 28.9 Å². The molecule has 188 valence electrons. The highest BCUT2D eigenvalue weighted by atomic mass is 19.1. The summed E-state index contributed by atoms with van der Waals surface area (Å²) >= 11 is 0. The average Bonchev–Trinajstić information content (AvgIpc) is 2.91. The van der Waals surface area contributed by atoms with Gasteiger partial charge in [0, 0.05) is 28.8 Å². The Morgan fingerprint density at radius 3 is 2.57 bits per heavy atom. The molecule has 0 saturated carbocycles. The minimum atomic E-state index is -0.553. The van der Waals surface area contributed by atoms with Gasteiger partial charge in [0.2, 0.25) is 11.8 Å². The molecule has 7 nitrogen and oxygen atoms in total. The van der Waals surface area contributed by atoms with Crippen LogP contribution in [0.4, 0.5) is 4.39 Å². The summed E-state index contributed by atoms with van der Waals surface area (Å²) < 4.78 is 30.6. The van der Waals surface area contributed by atoms with Gasteiger partial charge in [0.25, 0.3) is 6.47 Å². The lowest BCUT2D eigenvalue weighted by Crippen LogP contribution is -2.20. The molecule has 37 heavy (non-hydrogen) atoms. The van der Waals surface area contributed by atoms with Gasteiger partial charge in [0.15, 0.2) is 0 Å². The monoisotopic (exact) mass is 499 g/mol. The van der Waals surface area contributed by atoms with Crippen molar-refractivity contribution in [2.75, 3.05) is 7.11 Å². The molecule has 1 aliphatic heterocycles. The summed E-state index contributed by atoms with van der Waals surface area (Å²) in [6, 6.07) is 14.8. The number of rotatable bonds is 7. The van der Waals surface area contributed by atoms with Crippen molar-refractivity contribution in [1.29, 1.82) is 5.26 Å². The van der Waals surface area contributed by atoms with Gasteiger partial charge in [-0.15, -0.1) is 0 Å². The normalized spacial score (nSPS) is 15.2. The van der Waals surface area contributed by atoms with E-state index < -0.39 is 11.9 Å². The molecule has 0 fully saturated rings. The maximum atomic E-state index is 13.9. The van der Waals surface area contributed by atoms with Crippen molar-refractivity contribution in [2.45, 2.75) is 33.1 Å². The zero-order chi connectivity index (χ0) is 26.7. The summed E-state index contributed by atoms with van der Waals surface area (Å²) in [7, 11) is 1.55. The van der Waals surface area contributed by atoms with E-state index in [4.69, 9.17) is 19.9 Å². The minimum Gasteiger partial charge on any atom is -0.496 e. The van der Waals surface area contributed by atoms with Gasteiger partial charge in [-0.3, -0.25) is 4.79 Å².